The van der Waals surface area contributed by atoms with Crippen LogP contribution in [-0.2, 0) is 14.3 Å². The van der Waals surface area contributed by atoms with E-state index in [1.165, 1.54) is 9.80 Å². The fourth-order valence-electron chi connectivity index (χ4n) is 1.59. The Hall–Kier alpha value is -1.79. The molecule has 1 unspecified atom stereocenters. The van der Waals surface area contributed by atoms with Gasteiger partial charge in [0.15, 0.2) is 0 Å². The number of hydrogen-bond acceptors (Lipinski definition) is 4. The lowest BCUT2D eigenvalue weighted by Crippen LogP contribution is -2.48. The first-order chi connectivity index (χ1) is 9.33. The van der Waals surface area contributed by atoms with Gasteiger partial charge in [0, 0.05) is 19.6 Å². The largest absolute Gasteiger partial charge is 0.480 e. The van der Waals surface area contributed by atoms with Gasteiger partial charge in [-0.05, 0) is 20.3 Å². The van der Waals surface area contributed by atoms with Crippen molar-refractivity contribution in [3.8, 4) is 0 Å². The lowest BCUT2D eigenvalue weighted by molar-refractivity contribution is -0.143. The molecule has 2 amide bonds. The lowest BCUT2D eigenvalue weighted by atomic mass is 10.2. The van der Waals surface area contributed by atoms with Gasteiger partial charge < -0.3 is 19.6 Å². The van der Waals surface area contributed by atoms with Gasteiger partial charge in [-0.25, -0.2) is 4.79 Å². The van der Waals surface area contributed by atoms with E-state index in [2.05, 4.69) is 0 Å². The third-order valence-electron chi connectivity index (χ3n) is 2.96. The number of ether oxygens (including phenoxy) is 1. The smallest absolute Gasteiger partial charge is 0.323 e. The van der Waals surface area contributed by atoms with Crippen molar-refractivity contribution in [2.45, 2.75) is 39.7 Å². The minimum absolute atomic E-state index is 0.0947. The molecule has 1 N–H and O–H groups in total. The van der Waals surface area contributed by atoms with Crippen LogP contribution >= 0.6 is 0 Å². The zero-order chi connectivity index (χ0) is 15.7. The molecule has 0 aliphatic rings. The van der Waals surface area contributed by atoms with E-state index in [1.54, 1.807) is 20.9 Å². The number of carbonyl (C=O) groups is 3. The van der Waals surface area contributed by atoms with Crippen LogP contribution in [-0.4, -0.2) is 65.7 Å². The number of rotatable bonds is 8. The van der Waals surface area contributed by atoms with Gasteiger partial charge in [-0.3, -0.25) is 9.59 Å². The van der Waals surface area contributed by atoms with Crippen molar-refractivity contribution in [2.75, 3.05) is 26.7 Å². The molecule has 7 heteroatoms. The summed E-state index contributed by atoms with van der Waals surface area (Å²) >= 11 is 0. The molecule has 116 valence electrons. The molecular weight excluding hydrogens is 264 g/mol. The van der Waals surface area contributed by atoms with Crippen LogP contribution in [0.3, 0.4) is 0 Å². The van der Waals surface area contributed by atoms with Crippen LogP contribution in [0.5, 0.6) is 0 Å². The molecule has 1 atom stereocenters. The zero-order valence-corrected chi connectivity index (χ0v) is 12.6. The van der Waals surface area contributed by atoms with Gasteiger partial charge in [0.25, 0.3) is 0 Å². The number of carboxylic acids is 1. The Bertz CT molecular complexity index is 346. The van der Waals surface area contributed by atoms with Gasteiger partial charge >= 0.3 is 18.0 Å². The molecule has 0 aromatic carbocycles. The Labute approximate surface area is 119 Å². The molecule has 0 aromatic heterocycles. The van der Waals surface area contributed by atoms with Gasteiger partial charge in [0.05, 0.1) is 13.0 Å². The van der Waals surface area contributed by atoms with Gasteiger partial charge in [-0.1, -0.05) is 6.92 Å². The minimum atomic E-state index is -1.06. The molecule has 0 aliphatic heterocycles. The van der Waals surface area contributed by atoms with Crippen LogP contribution < -0.4 is 0 Å². The summed E-state index contributed by atoms with van der Waals surface area (Å²) < 4.78 is 4.78. The zero-order valence-electron chi connectivity index (χ0n) is 12.6. The van der Waals surface area contributed by atoms with Crippen molar-refractivity contribution >= 4 is 18.0 Å². The first-order valence-electron chi connectivity index (χ1n) is 6.72. The first kappa shape index (κ1) is 18.2. The number of carboxylic acid groups (broad SMARTS) is 1. The number of carbonyl (C=O) groups excluding carboxylic acids is 2. The lowest BCUT2D eigenvalue weighted by Gasteiger charge is -2.31. The highest BCUT2D eigenvalue weighted by Gasteiger charge is 2.24. The maximum absolute atomic E-state index is 12.2. The third-order valence-corrected chi connectivity index (χ3v) is 2.96. The quantitative estimate of drug-likeness (QED) is 0.678. The van der Waals surface area contributed by atoms with Crippen molar-refractivity contribution < 1.29 is 24.2 Å². The van der Waals surface area contributed by atoms with Gasteiger partial charge in [-0.15, -0.1) is 0 Å². The standard InChI is InChI=1S/C13H24N2O5/c1-5-10(3)15(9-11(16)17)13(19)14(4)8-7-12(18)20-6-2/h10H,5-9H2,1-4H3,(H,16,17). The number of aliphatic carboxylic acids is 1. The molecular formula is C13H24N2O5. The second kappa shape index (κ2) is 9.17. The molecule has 20 heavy (non-hydrogen) atoms. The van der Waals surface area contributed by atoms with Gasteiger partial charge in [0.2, 0.25) is 0 Å². The molecule has 0 saturated heterocycles. The Balaban J connectivity index is 4.55. The van der Waals surface area contributed by atoms with Crippen LogP contribution in [0.15, 0.2) is 0 Å². The average molecular weight is 288 g/mol. The summed E-state index contributed by atoms with van der Waals surface area (Å²) in [4.78, 5) is 36.9. The maximum Gasteiger partial charge on any atom is 0.323 e. The molecule has 7 nitrogen and oxygen atoms in total. The number of urea groups is 1. The molecule has 0 aliphatic carbocycles. The Kier molecular flexibility index (Phi) is 8.35. The first-order valence-corrected chi connectivity index (χ1v) is 6.72. The van der Waals surface area contributed by atoms with Crippen LogP contribution in [0.25, 0.3) is 0 Å². The second-order valence-corrected chi connectivity index (χ2v) is 4.54. The van der Waals surface area contributed by atoms with E-state index < -0.39 is 12.0 Å². The van der Waals surface area contributed by atoms with E-state index in [9.17, 15) is 14.4 Å². The highest BCUT2D eigenvalue weighted by Crippen LogP contribution is 2.07. The molecule has 0 aromatic rings. The van der Waals surface area contributed by atoms with Crippen molar-refractivity contribution in [3.63, 3.8) is 0 Å². The summed E-state index contributed by atoms with van der Waals surface area (Å²) in [5, 5.41) is 8.86. The highest BCUT2D eigenvalue weighted by atomic mass is 16.5. The molecule has 0 rings (SSSR count). The summed E-state index contributed by atoms with van der Waals surface area (Å²) in [6.07, 6.45) is 0.752. The predicted molar refractivity (Wildman–Crippen MR) is 73.4 cm³/mol. The molecule has 0 saturated carbocycles. The monoisotopic (exact) mass is 288 g/mol. The molecule has 0 fully saturated rings. The maximum atomic E-state index is 12.2. The summed E-state index contributed by atoms with van der Waals surface area (Å²) in [6, 6.07) is -0.574. The van der Waals surface area contributed by atoms with E-state index in [1.807, 2.05) is 6.92 Å². The Morgan fingerprint density at radius 2 is 1.85 bits per heavy atom. The number of esters is 1. The van der Waals surface area contributed by atoms with Crippen LogP contribution in [0.2, 0.25) is 0 Å². The molecule has 0 bridgehead atoms. The average Bonchev–Trinajstić information content (AvgIpc) is 2.40. The van der Waals surface area contributed by atoms with Crippen molar-refractivity contribution in [1.29, 1.82) is 0 Å². The fourth-order valence-corrected chi connectivity index (χ4v) is 1.59. The highest BCUT2D eigenvalue weighted by molar-refractivity contribution is 5.80. The van der Waals surface area contributed by atoms with Crippen LogP contribution in [0.4, 0.5) is 4.79 Å². The Morgan fingerprint density at radius 1 is 1.25 bits per heavy atom. The van der Waals surface area contributed by atoms with E-state index >= 15 is 0 Å². The summed E-state index contributed by atoms with van der Waals surface area (Å²) in [6.45, 7) is 5.53. The van der Waals surface area contributed by atoms with Gasteiger partial charge in [0.1, 0.15) is 6.54 Å². The predicted octanol–water partition coefficient (Wildman–Crippen LogP) is 1.18. The van der Waals surface area contributed by atoms with E-state index in [0.717, 1.165) is 0 Å². The Morgan fingerprint density at radius 3 is 2.30 bits per heavy atom. The minimum Gasteiger partial charge on any atom is -0.480 e. The second-order valence-electron chi connectivity index (χ2n) is 4.54. The third kappa shape index (κ3) is 6.40. The number of nitrogens with zero attached hydrogens (tertiary/aromatic N) is 2. The summed E-state index contributed by atoms with van der Waals surface area (Å²) in [5.41, 5.74) is 0. The van der Waals surface area contributed by atoms with Crippen LogP contribution in [0, 0.1) is 0 Å². The van der Waals surface area contributed by atoms with Gasteiger partial charge in [-0.2, -0.15) is 0 Å². The number of amides is 2. The van der Waals surface area contributed by atoms with E-state index in [0.29, 0.717) is 13.0 Å². The van der Waals surface area contributed by atoms with Crippen molar-refractivity contribution in [2.24, 2.45) is 0 Å². The van der Waals surface area contributed by atoms with Crippen molar-refractivity contribution in [3.05, 3.63) is 0 Å². The molecule has 0 radical (unpaired) electrons. The topological polar surface area (TPSA) is 87.2 Å². The van der Waals surface area contributed by atoms with Crippen molar-refractivity contribution in [1.82, 2.24) is 9.80 Å². The molecule has 0 heterocycles. The summed E-state index contributed by atoms with van der Waals surface area (Å²) in [7, 11) is 1.54. The summed E-state index contributed by atoms with van der Waals surface area (Å²) in [5.74, 6) is -1.43. The SMILES string of the molecule is CCOC(=O)CCN(C)C(=O)N(CC(=O)O)C(C)CC. The van der Waals surface area contributed by atoms with Crippen LogP contribution in [0.1, 0.15) is 33.6 Å². The van der Waals surface area contributed by atoms with E-state index in [4.69, 9.17) is 9.84 Å². The number of hydrogen-bond donors (Lipinski definition) is 1. The molecule has 0 spiro atoms. The van der Waals surface area contributed by atoms with E-state index in [-0.39, 0.29) is 31.5 Å². The fraction of sp³-hybridized carbons (Fsp3) is 0.769. The normalized spacial score (nSPS) is 11.6.